The Labute approximate surface area is 129 Å². The smallest absolute Gasteiger partial charge is 0.306 e. The Hall–Kier alpha value is -1.93. The average Bonchev–Trinajstić information content (AvgIpc) is 2.86. The van der Waals surface area contributed by atoms with E-state index in [4.69, 9.17) is 0 Å². The highest BCUT2D eigenvalue weighted by atomic mass is 79.9. The summed E-state index contributed by atoms with van der Waals surface area (Å²) in [5.41, 5.74) is 1.91. The van der Waals surface area contributed by atoms with Gasteiger partial charge in [0, 0.05) is 16.7 Å². The number of nitrogens with zero attached hydrogens (tertiary/aromatic N) is 3. The molecule has 0 saturated carbocycles. The van der Waals surface area contributed by atoms with Crippen LogP contribution in [0.3, 0.4) is 0 Å². The van der Waals surface area contributed by atoms with Crippen LogP contribution in [0.4, 0.5) is 11.4 Å². The van der Waals surface area contributed by atoms with E-state index >= 15 is 0 Å². The minimum Gasteiger partial charge on any atom is -0.389 e. The Bertz CT molecular complexity index is 644. The molecule has 0 aliphatic rings. The number of aliphatic hydroxyl groups is 1. The van der Waals surface area contributed by atoms with Crippen LogP contribution >= 0.6 is 15.9 Å². The number of aliphatic hydroxyl groups excluding tert-OH is 1. The Balaban J connectivity index is 1.89. The molecule has 2 aromatic rings. The molecule has 0 fully saturated rings. The minimum atomic E-state index is -0.701. The van der Waals surface area contributed by atoms with Crippen LogP contribution in [0.2, 0.25) is 0 Å². The number of hydrogen-bond acceptors (Lipinski definition) is 5. The quantitative estimate of drug-likeness (QED) is 0.613. The molecule has 21 heavy (non-hydrogen) atoms. The molecule has 1 unspecified atom stereocenters. The summed E-state index contributed by atoms with van der Waals surface area (Å²) in [5.74, 6) is 0. The minimum absolute atomic E-state index is 0.0843. The monoisotopic (exact) mass is 354 g/mol. The molecule has 1 aromatic carbocycles. The molecular formula is C13H15BrN4O3. The van der Waals surface area contributed by atoms with E-state index in [0.29, 0.717) is 6.54 Å². The normalized spacial score (nSPS) is 12.1. The van der Waals surface area contributed by atoms with Crippen molar-refractivity contribution in [3.63, 3.8) is 0 Å². The number of hydrogen-bond donors (Lipinski definition) is 2. The molecule has 0 aliphatic heterocycles. The van der Waals surface area contributed by atoms with Crippen LogP contribution in [0.5, 0.6) is 0 Å². The van der Waals surface area contributed by atoms with Gasteiger partial charge in [-0.3, -0.25) is 14.8 Å². The number of anilines is 1. The van der Waals surface area contributed by atoms with Gasteiger partial charge in [-0.25, -0.2) is 0 Å². The van der Waals surface area contributed by atoms with Crippen molar-refractivity contribution in [3.8, 4) is 0 Å². The zero-order valence-electron chi connectivity index (χ0n) is 11.4. The van der Waals surface area contributed by atoms with Crippen LogP contribution in [0, 0.1) is 17.0 Å². The van der Waals surface area contributed by atoms with Crippen molar-refractivity contribution in [2.24, 2.45) is 0 Å². The summed E-state index contributed by atoms with van der Waals surface area (Å²) in [7, 11) is 0. The van der Waals surface area contributed by atoms with Gasteiger partial charge in [0.2, 0.25) is 0 Å². The number of rotatable bonds is 6. The first-order chi connectivity index (χ1) is 9.95. The molecule has 8 heteroatoms. The van der Waals surface area contributed by atoms with E-state index < -0.39 is 11.0 Å². The van der Waals surface area contributed by atoms with Crippen LogP contribution in [-0.4, -0.2) is 32.5 Å². The van der Waals surface area contributed by atoms with E-state index in [9.17, 15) is 15.2 Å². The predicted molar refractivity (Wildman–Crippen MR) is 82.3 cm³/mol. The maximum absolute atomic E-state index is 10.5. The highest BCUT2D eigenvalue weighted by Crippen LogP contribution is 2.20. The maximum Gasteiger partial charge on any atom is 0.306 e. The number of benzene rings is 1. The second kappa shape index (κ2) is 6.68. The van der Waals surface area contributed by atoms with E-state index in [1.165, 1.54) is 17.1 Å². The molecule has 0 bridgehead atoms. The third-order valence-corrected chi connectivity index (χ3v) is 3.44. The fourth-order valence-corrected chi connectivity index (χ4v) is 2.36. The van der Waals surface area contributed by atoms with Crippen molar-refractivity contribution < 1.29 is 10.0 Å². The molecule has 1 atom stereocenters. The van der Waals surface area contributed by atoms with Gasteiger partial charge in [0.15, 0.2) is 0 Å². The highest BCUT2D eigenvalue weighted by molar-refractivity contribution is 9.10. The molecule has 0 saturated heterocycles. The maximum atomic E-state index is 10.5. The zero-order valence-corrected chi connectivity index (χ0v) is 12.9. The van der Waals surface area contributed by atoms with Gasteiger partial charge >= 0.3 is 5.69 Å². The molecule has 2 N–H and O–H groups in total. The van der Waals surface area contributed by atoms with Gasteiger partial charge in [0.05, 0.1) is 17.6 Å². The number of aromatic nitrogens is 2. The number of nitro groups is 1. The fraction of sp³-hybridized carbons (Fsp3) is 0.308. The molecule has 0 radical (unpaired) electrons. The first kappa shape index (κ1) is 15.5. The highest BCUT2D eigenvalue weighted by Gasteiger charge is 2.12. The molecule has 7 nitrogen and oxygen atoms in total. The van der Waals surface area contributed by atoms with Gasteiger partial charge in [-0.2, -0.15) is 5.10 Å². The number of halogens is 1. The van der Waals surface area contributed by atoms with Gasteiger partial charge in [-0.1, -0.05) is 15.9 Å². The fourth-order valence-electron chi connectivity index (χ4n) is 1.88. The average molecular weight is 355 g/mol. The summed E-state index contributed by atoms with van der Waals surface area (Å²) < 4.78 is 2.36. The van der Waals surface area contributed by atoms with Crippen molar-refractivity contribution in [1.29, 1.82) is 0 Å². The molecule has 0 spiro atoms. The Morgan fingerprint density at radius 1 is 1.57 bits per heavy atom. The topological polar surface area (TPSA) is 93.2 Å². The first-order valence-electron chi connectivity index (χ1n) is 6.30. The number of aryl methyl sites for hydroxylation is 1. The van der Waals surface area contributed by atoms with Crippen molar-refractivity contribution >= 4 is 27.3 Å². The molecule has 0 aliphatic carbocycles. The van der Waals surface area contributed by atoms with Crippen molar-refractivity contribution in [3.05, 3.63) is 50.7 Å². The lowest BCUT2D eigenvalue weighted by molar-refractivity contribution is -0.385. The molecule has 1 aromatic heterocycles. The summed E-state index contributed by atoms with van der Waals surface area (Å²) in [6, 6.07) is 5.81. The lowest BCUT2D eigenvalue weighted by Gasteiger charge is -2.14. The molecule has 0 amide bonds. The third kappa shape index (κ3) is 4.27. The second-order valence-corrected chi connectivity index (χ2v) is 5.59. The SMILES string of the molecule is Cc1cc(Br)ccc1NCC(O)Cn1cc([N+](=O)[O-])cn1. The summed E-state index contributed by atoms with van der Waals surface area (Å²) in [4.78, 5) is 10.0. The lowest BCUT2D eigenvalue weighted by atomic mass is 10.2. The van der Waals surface area contributed by atoms with E-state index in [-0.39, 0.29) is 12.2 Å². The van der Waals surface area contributed by atoms with Crippen LogP contribution in [0.1, 0.15) is 5.56 Å². The van der Waals surface area contributed by atoms with Crippen LogP contribution in [0.15, 0.2) is 35.1 Å². The molecule has 112 valence electrons. The van der Waals surface area contributed by atoms with Crippen molar-refractivity contribution in [2.45, 2.75) is 19.6 Å². The summed E-state index contributed by atoms with van der Waals surface area (Å²) >= 11 is 3.39. The molecule has 1 heterocycles. The van der Waals surface area contributed by atoms with Gasteiger partial charge in [-0.05, 0) is 30.7 Å². The lowest BCUT2D eigenvalue weighted by Crippen LogP contribution is -2.25. The molecule has 2 rings (SSSR count). The second-order valence-electron chi connectivity index (χ2n) is 4.67. The van der Waals surface area contributed by atoms with Gasteiger partial charge in [-0.15, -0.1) is 0 Å². The van der Waals surface area contributed by atoms with Gasteiger partial charge in [0.25, 0.3) is 0 Å². The third-order valence-electron chi connectivity index (χ3n) is 2.94. The van der Waals surface area contributed by atoms with Gasteiger partial charge in [0.1, 0.15) is 12.4 Å². The zero-order chi connectivity index (χ0) is 15.4. The summed E-state index contributed by atoms with van der Waals surface area (Å²) in [6.07, 6.45) is 1.76. The predicted octanol–water partition coefficient (Wildman–Crippen LogP) is 2.34. The first-order valence-corrected chi connectivity index (χ1v) is 7.10. The van der Waals surface area contributed by atoms with E-state index in [0.717, 1.165) is 15.7 Å². The van der Waals surface area contributed by atoms with Gasteiger partial charge < -0.3 is 10.4 Å². The van der Waals surface area contributed by atoms with Crippen LogP contribution < -0.4 is 5.32 Å². The number of nitrogens with one attached hydrogen (secondary N) is 1. The van der Waals surface area contributed by atoms with E-state index in [1.807, 2.05) is 25.1 Å². The van der Waals surface area contributed by atoms with Crippen LogP contribution in [-0.2, 0) is 6.54 Å². The Morgan fingerprint density at radius 2 is 2.33 bits per heavy atom. The Morgan fingerprint density at radius 3 is 2.95 bits per heavy atom. The summed E-state index contributed by atoms with van der Waals surface area (Å²) in [6.45, 7) is 2.49. The van der Waals surface area contributed by atoms with Crippen LogP contribution in [0.25, 0.3) is 0 Å². The standard InChI is InChI=1S/C13H15BrN4O3/c1-9-4-10(14)2-3-13(9)15-6-12(19)8-17-7-11(5-16-17)18(20)21/h2-5,7,12,15,19H,6,8H2,1H3. The molecular weight excluding hydrogens is 340 g/mol. The van der Waals surface area contributed by atoms with E-state index in [1.54, 1.807) is 0 Å². The van der Waals surface area contributed by atoms with E-state index in [2.05, 4.69) is 26.3 Å². The Kier molecular flexibility index (Phi) is 4.92. The van der Waals surface area contributed by atoms with Crippen molar-refractivity contribution in [1.82, 2.24) is 9.78 Å². The summed E-state index contributed by atoms with van der Waals surface area (Å²) in [5, 5.41) is 27.5. The van der Waals surface area contributed by atoms with Crippen molar-refractivity contribution in [2.75, 3.05) is 11.9 Å². The largest absolute Gasteiger partial charge is 0.389 e.